The lowest BCUT2D eigenvalue weighted by Gasteiger charge is -2.57. The van der Waals surface area contributed by atoms with Crippen LogP contribution in [0, 0.1) is 5.41 Å². The smallest absolute Gasteiger partial charge is 0.246 e. The molecule has 0 radical (unpaired) electrons. The van der Waals surface area contributed by atoms with Gasteiger partial charge in [-0.25, -0.2) is 4.98 Å². The second-order valence-electron chi connectivity index (χ2n) is 5.63. The van der Waals surface area contributed by atoms with Crippen LogP contribution in [-0.2, 0) is 9.53 Å². The first kappa shape index (κ1) is 15.2. The van der Waals surface area contributed by atoms with Gasteiger partial charge in [-0.2, -0.15) is 0 Å². The fourth-order valence-corrected chi connectivity index (χ4v) is 2.69. The third-order valence-electron chi connectivity index (χ3n) is 4.23. The van der Waals surface area contributed by atoms with Crippen molar-refractivity contribution in [1.29, 1.82) is 0 Å². The molecule has 1 fully saturated rings. The van der Waals surface area contributed by atoms with E-state index in [9.17, 15) is 4.79 Å². The maximum absolute atomic E-state index is 12.4. The Morgan fingerprint density at radius 1 is 1.65 bits per heavy atom. The minimum Gasteiger partial charge on any atom is -0.378 e. The number of hydrogen-bond donors (Lipinski definition) is 2. The molecule has 5 nitrogen and oxygen atoms in total. The van der Waals surface area contributed by atoms with Crippen molar-refractivity contribution in [2.75, 3.05) is 11.9 Å². The zero-order chi connectivity index (χ0) is 15.0. The average molecular weight is 298 g/mol. The van der Waals surface area contributed by atoms with Gasteiger partial charge < -0.3 is 15.8 Å². The number of pyridine rings is 1. The number of carbonyl (C=O) groups excluding carboxylic acids is 1. The zero-order valence-electron chi connectivity index (χ0n) is 11.9. The molecule has 0 aliphatic heterocycles. The van der Waals surface area contributed by atoms with Gasteiger partial charge in [0.15, 0.2) is 5.82 Å². The van der Waals surface area contributed by atoms with E-state index in [1.807, 2.05) is 20.8 Å². The topological polar surface area (TPSA) is 77.2 Å². The summed E-state index contributed by atoms with van der Waals surface area (Å²) < 4.78 is 5.61. The van der Waals surface area contributed by atoms with Crippen molar-refractivity contribution in [3.05, 3.63) is 23.4 Å². The molecular weight excluding hydrogens is 278 g/mol. The fraction of sp³-hybridized carbons (Fsp3) is 0.571. The quantitative estimate of drug-likeness (QED) is 0.893. The number of hydrogen-bond acceptors (Lipinski definition) is 4. The Hall–Kier alpha value is -1.17. The summed E-state index contributed by atoms with van der Waals surface area (Å²) in [7, 11) is 0. The molecule has 1 aromatic rings. The van der Waals surface area contributed by atoms with Gasteiger partial charge in [0.05, 0.1) is 11.1 Å². The SMILES string of the molecule is CCOC1CC(N)(C(=O)Nc2ncccc2Cl)C1(C)C. The van der Waals surface area contributed by atoms with E-state index in [1.54, 1.807) is 18.3 Å². The molecule has 2 rings (SSSR count). The highest BCUT2D eigenvalue weighted by atomic mass is 35.5. The van der Waals surface area contributed by atoms with E-state index < -0.39 is 11.0 Å². The maximum Gasteiger partial charge on any atom is 0.246 e. The molecule has 110 valence electrons. The van der Waals surface area contributed by atoms with Crippen LogP contribution in [0.1, 0.15) is 27.2 Å². The lowest BCUT2D eigenvalue weighted by Crippen LogP contribution is -2.74. The van der Waals surface area contributed by atoms with E-state index in [4.69, 9.17) is 22.1 Å². The summed E-state index contributed by atoms with van der Waals surface area (Å²) in [5.41, 5.74) is 4.87. The molecule has 0 spiro atoms. The van der Waals surface area contributed by atoms with Crippen LogP contribution in [0.15, 0.2) is 18.3 Å². The fourth-order valence-electron chi connectivity index (χ4n) is 2.52. The molecule has 0 aromatic carbocycles. The van der Waals surface area contributed by atoms with Gasteiger partial charge in [-0.15, -0.1) is 0 Å². The van der Waals surface area contributed by atoms with Gasteiger partial charge >= 0.3 is 0 Å². The Balaban J connectivity index is 2.12. The van der Waals surface area contributed by atoms with Crippen LogP contribution in [0.5, 0.6) is 0 Å². The monoisotopic (exact) mass is 297 g/mol. The second-order valence-corrected chi connectivity index (χ2v) is 6.04. The molecule has 0 saturated heterocycles. The first-order valence-corrected chi connectivity index (χ1v) is 7.03. The minimum atomic E-state index is -0.978. The van der Waals surface area contributed by atoms with Crippen molar-refractivity contribution in [3.8, 4) is 0 Å². The predicted octanol–water partition coefficient (Wildman–Crippen LogP) is 2.21. The van der Waals surface area contributed by atoms with E-state index in [2.05, 4.69) is 10.3 Å². The van der Waals surface area contributed by atoms with Crippen molar-refractivity contribution in [3.63, 3.8) is 0 Å². The summed E-state index contributed by atoms with van der Waals surface area (Å²) in [6.07, 6.45) is 2.05. The van der Waals surface area contributed by atoms with E-state index in [0.29, 0.717) is 23.9 Å². The lowest BCUT2D eigenvalue weighted by atomic mass is 9.54. The van der Waals surface area contributed by atoms with Crippen molar-refractivity contribution in [2.45, 2.75) is 38.8 Å². The van der Waals surface area contributed by atoms with Gasteiger partial charge in [-0.05, 0) is 19.1 Å². The summed E-state index contributed by atoms with van der Waals surface area (Å²) in [5, 5.41) is 3.10. The summed E-state index contributed by atoms with van der Waals surface area (Å²) in [6, 6.07) is 3.37. The number of nitrogens with zero attached hydrogens (tertiary/aromatic N) is 1. The van der Waals surface area contributed by atoms with Crippen LogP contribution < -0.4 is 11.1 Å². The number of ether oxygens (including phenoxy) is 1. The first-order chi connectivity index (χ1) is 9.33. The van der Waals surface area contributed by atoms with Crippen LogP contribution in [0.25, 0.3) is 0 Å². The number of carbonyl (C=O) groups is 1. The summed E-state index contributed by atoms with van der Waals surface area (Å²) >= 11 is 5.99. The normalized spacial score (nSPS) is 27.8. The van der Waals surface area contributed by atoms with Crippen LogP contribution >= 0.6 is 11.6 Å². The highest BCUT2D eigenvalue weighted by molar-refractivity contribution is 6.33. The van der Waals surface area contributed by atoms with E-state index in [-0.39, 0.29) is 12.0 Å². The molecule has 1 heterocycles. The summed E-state index contributed by atoms with van der Waals surface area (Å²) in [6.45, 7) is 6.42. The predicted molar refractivity (Wildman–Crippen MR) is 78.6 cm³/mol. The van der Waals surface area contributed by atoms with E-state index in [0.717, 1.165) is 0 Å². The average Bonchev–Trinajstić information content (AvgIpc) is 2.40. The van der Waals surface area contributed by atoms with Gasteiger partial charge in [0, 0.05) is 24.6 Å². The molecular formula is C14H20ClN3O2. The number of anilines is 1. The number of aromatic nitrogens is 1. The molecule has 1 saturated carbocycles. The molecule has 1 amide bonds. The first-order valence-electron chi connectivity index (χ1n) is 6.65. The molecule has 1 aliphatic rings. The highest BCUT2D eigenvalue weighted by Crippen LogP contribution is 2.50. The molecule has 20 heavy (non-hydrogen) atoms. The third-order valence-corrected chi connectivity index (χ3v) is 4.53. The van der Waals surface area contributed by atoms with E-state index in [1.165, 1.54) is 0 Å². The highest BCUT2D eigenvalue weighted by Gasteiger charge is 2.62. The van der Waals surface area contributed by atoms with Crippen molar-refractivity contribution in [1.82, 2.24) is 4.98 Å². The van der Waals surface area contributed by atoms with Gasteiger partial charge in [0.1, 0.15) is 5.54 Å². The van der Waals surface area contributed by atoms with Crippen molar-refractivity contribution >= 4 is 23.3 Å². The zero-order valence-corrected chi connectivity index (χ0v) is 12.7. The van der Waals surface area contributed by atoms with Gasteiger partial charge in [0.2, 0.25) is 5.91 Å². The standard InChI is InChI=1S/C14H20ClN3O2/c1-4-20-10-8-14(16,13(10,2)3)12(19)18-11-9(15)6-5-7-17-11/h5-7,10H,4,8,16H2,1-3H3,(H,17,18,19). The number of amides is 1. The van der Waals surface area contributed by atoms with Gasteiger partial charge in [-0.3, -0.25) is 4.79 Å². The Labute approximate surface area is 123 Å². The van der Waals surface area contributed by atoms with Crippen LogP contribution in [-0.4, -0.2) is 29.1 Å². The van der Waals surface area contributed by atoms with Gasteiger partial charge in [0.25, 0.3) is 0 Å². The van der Waals surface area contributed by atoms with Crippen molar-refractivity contribution in [2.24, 2.45) is 11.1 Å². The molecule has 6 heteroatoms. The molecule has 2 unspecified atom stereocenters. The Morgan fingerprint density at radius 3 is 2.90 bits per heavy atom. The molecule has 1 aromatic heterocycles. The minimum absolute atomic E-state index is 0.0116. The summed E-state index contributed by atoms with van der Waals surface area (Å²) in [4.78, 5) is 16.5. The third kappa shape index (κ3) is 2.30. The maximum atomic E-state index is 12.4. The van der Waals surface area contributed by atoms with E-state index >= 15 is 0 Å². The molecule has 2 atom stereocenters. The van der Waals surface area contributed by atoms with Crippen LogP contribution in [0.3, 0.4) is 0 Å². The number of halogens is 1. The summed E-state index contributed by atoms with van der Waals surface area (Å²) in [5.74, 6) is 0.0544. The molecule has 1 aliphatic carbocycles. The van der Waals surface area contributed by atoms with Crippen molar-refractivity contribution < 1.29 is 9.53 Å². The lowest BCUT2D eigenvalue weighted by molar-refractivity contribution is -0.166. The van der Waals surface area contributed by atoms with Crippen LogP contribution in [0.4, 0.5) is 5.82 Å². The molecule has 3 N–H and O–H groups in total. The second kappa shape index (κ2) is 5.31. The largest absolute Gasteiger partial charge is 0.378 e. The van der Waals surface area contributed by atoms with Gasteiger partial charge in [-0.1, -0.05) is 25.4 Å². The van der Waals surface area contributed by atoms with Crippen LogP contribution in [0.2, 0.25) is 5.02 Å². The number of nitrogens with two attached hydrogens (primary N) is 1. The molecule has 0 bridgehead atoms. The Morgan fingerprint density at radius 2 is 2.35 bits per heavy atom. The number of rotatable bonds is 4. The number of nitrogens with one attached hydrogen (secondary N) is 1. The Kier molecular flexibility index (Phi) is 4.04. The Bertz CT molecular complexity index is 521.